The molecule has 1 aromatic rings. The molecule has 2 aliphatic rings. The van der Waals surface area contributed by atoms with Gasteiger partial charge in [0.2, 0.25) is 0 Å². The Morgan fingerprint density at radius 3 is 2.65 bits per heavy atom. The summed E-state index contributed by atoms with van der Waals surface area (Å²) in [4.78, 5) is 7.29. The van der Waals surface area contributed by atoms with E-state index in [9.17, 15) is 0 Å². The molecule has 2 fully saturated rings. The molecule has 1 N–H and O–H groups in total. The van der Waals surface area contributed by atoms with E-state index in [2.05, 4.69) is 20.4 Å². The molecule has 0 bridgehead atoms. The monoisotopic (exact) mass is 476 g/mol. The van der Waals surface area contributed by atoms with Crippen LogP contribution in [0.4, 0.5) is 0 Å². The van der Waals surface area contributed by atoms with Crippen LogP contribution in [0.1, 0.15) is 50.2 Å². The van der Waals surface area contributed by atoms with Crippen LogP contribution in [0.3, 0.4) is 0 Å². The highest BCUT2D eigenvalue weighted by Crippen LogP contribution is 2.43. The third-order valence-electron chi connectivity index (χ3n) is 5.79. The second-order valence-corrected chi connectivity index (χ2v) is 7.51. The summed E-state index contributed by atoms with van der Waals surface area (Å²) in [5, 5.41) is 11.8. The first-order valence-electron chi connectivity index (χ1n) is 9.51. The van der Waals surface area contributed by atoms with Gasteiger partial charge in [-0.3, -0.25) is 0 Å². The third kappa shape index (κ3) is 5.09. The van der Waals surface area contributed by atoms with Crippen molar-refractivity contribution in [2.45, 2.75) is 52.0 Å². The van der Waals surface area contributed by atoms with Crippen molar-refractivity contribution in [3.05, 3.63) is 11.6 Å². The fourth-order valence-electron chi connectivity index (χ4n) is 4.09. The quantitative estimate of drug-likeness (QED) is 0.306. The summed E-state index contributed by atoms with van der Waals surface area (Å²) < 4.78 is 7.19. The average molecular weight is 476 g/mol. The highest BCUT2D eigenvalue weighted by molar-refractivity contribution is 14.0. The van der Waals surface area contributed by atoms with Crippen LogP contribution in [0, 0.1) is 12.3 Å². The zero-order valence-electron chi connectivity index (χ0n) is 16.3. The van der Waals surface area contributed by atoms with Gasteiger partial charge in [-0.15, -0.1) is 34.2 Å². The van der Waals surface area contributed by atoms with Crippen LogP contribution in [0.5, 0.6) is 0 Å². The lowest BCUT2D eigenvalue weighted by Gasteiger charge is -2.33. The van der Waals surface area contributed by atoms with Crippen molar-refractivity contribution in [1.29, 1.82) is 0 Å². The number of nitrogens with zero attached hydrogens (tertiary/aromatic N) is 5. The van der Waals surface area contributed by atoms with Gasteiger partial charge in [-0.1, -0.05) is 19.3 Å². The number of aliphatic imine (C=N–C) groups is 1. The Morgan fingerprint density at radius 1 is 1.23 bits per heavy atom. The van der Waals surface area contributed by atoms with Gasteiger partial charge >= 0.3 is 0 Å². The average Bonchev–Trinajstić information content (AvgIpc) is 3.17. The van der Waals surface area contributed by atoms with E-state index in [0.717, 1.165) is 37.2 Å². The molecule has 3 rings (SSSR count). The van der Waals surface area contributed by atoms with Gasteiger partial charge in [-0.2, -0.15) is 0 Å². The van der Waals surface area contributed by atoms with Crippen molar-refractivity contribution in [3.63, 3.8) is 0 Å². The van der Waals surface area contributed by atoms with E-state index < -0.39 is 0 Å². The van der Waals surface area contributed by atoms with Gasteiger partial charge in [-0.25, -0.2) is 4.99 Å². The highest BCUT2D eigenvalue weighted by Gasteiger charge is 2.39. The van der Waals surface area contributed by atoms with Gasteiger partial charge in [0.05, 0.1) is 6.61 Å². The number of aryl methyl sites for hydroxylation is 1. The van der Waals surface area contributed by atoms with Gasteiger partial charge in [0.15, 0.2) is 11.8 Å². The van der Waals surface area contributed by atoms with Gasteiger partial charge < -0.3 is 19.5 Å². The Labute approximate surface area is 174 Å². The second-order valence-electron chi connectivity index (χ2n) is 7.51. The number of ether oxygens (including phenoxy) is 1. The summed E-state index contributed by atoms with van der Waals surface area (Å²) in [5.74, 6) is 2.80. The highest BCUT2D eigenvalue weighted by atomic mass is 127. The Morgan fingerprint density at radius 2 is 2.00 bits per heavy atom. The fourth-order valence-corrected chi connectivity index (χ4v) is 4.09. The van der Waals surface area contributed by atoms with Gasteiger partial charge in [0, 0.05) is 33.8 Å². The SMILES string of the molecule is COCCNC(=NCc1nnc(C)n1C)N1CCC2(CCCCC2)C1.I. The lowest BCUT2D eigenvalue weighted by molar-refractivity contribution is 0.198. The normalized spacial score (nSPS) is 19.7. The van der Waals surface area contributed by atoms with E-state index in [0.29, 0.717) is 18.6 Å². The first-order chi connectivity index (χ1) is 12.1. The molecule has 0 radical (unpaired) electrons. The van der Waals surface area contributed by atoms with Crippen LogP contribution in [0.15, 0.2) is 4.99 Å². The van der Waals surface area contributed by atoms with E-state index in [1.165, 1.54) is 38.5 Å². The number of guanidine groups is 1. The maximum absolute atomic E-state index is 5.19. The summed E-state index contributed by atoms with van der Waals surface area (Å²) in [6.45, 7) is 6.19. The Hall–Kier alpha value is -0.900. The first kappa shape index (κ1) is 21.4. The molecule has 7 nitrogen and oxygen atoms in total. The minimum absolute atomic E-state index is 0. The van der Waals surface area contributed by atoms with Gasteiger partial charge in [-0.05, 0) is 31.6 Å². The van der Waals surface area contributed by atoms with Crippen LogP contribution < -0.4 is 5.32 Å². The second kappa shape index (κ2) is 9.87. The Bertz CT molecular complexity index is 597. The van der Waals surface area contributed by atoms with Crippen molar-refractivity contribution in [2.75, 3.05) is 33.4 Å². The van der Waals surface area contributed by atoms with Crippen molar-refractivity contribution in [2.24, 2.45) is 17.5 Å². The van der Waals surface area contributed by atoms with Crippen LogP contribution in [-0.2, 0) is 18.3 Å². The van der Waals surface area contributed by atoms with Crippen molar-refractivity contribution >= 4 is 29.9 Å². The first-order valence-corrected chi connectivity index (χ1v) is 9.51. The molecular formula is C18H33IN6O. The van der Waals surface area contributed by atoms with E-state index in [1.807, 2.05) is 18.5 Å². The summed E-state index contributed by atoms with van der Waals surface area (Å²) in [6, 6.07) is 0. The molecular weight excluding hydrogens is 443 g/mol. The molecule has 1 aliphatic heterocycles. The third-order valence-corrected chi connectivity index (χ3v) is 5.79. The smallest absolute Gasteiger partial charge is 0.194 e. The minimum atomic E-state index is 0. The lowest BCUT2D eigenvalue weighted by atomic mass is 9.73. The molecule has 0 aromatic carbocycles. The van der Waals surface area contributed by atoms with E-state index in [-0.39, 0.29) is 24.0 Å². The van der Waals surface area contributed by atoms with Crippen LogP contribution >= 0.6 is 24.0 Å². The molecule has 26 heavy (non-hydrogen) atoms. The molecule has 1 saturated carbocycles. The number of halogens is 1. The molecule has 2 heterocycles. The number of methoxy groups -OCH3 is 1. The number of hydrogen-bond acceptors (Lipinski definition) is 4. The predicted molar refractivity (Wildman–Crippen MR) is 114 cm³/mol. The zero-order valence-corrected chi connectivity index (χ0v) is 18.7. The fraction of sp³-hybridized carbons (Fsp3) is 0.833. The van der Waals surface area contributed by atoms with Crippen molar-refractivity contribution in [3.8, 4) is 0 Å². The van der Waals surface area contributed by atoms with Crippen LogP contribution in [0.25, 0.3) is 0 Å². The molecule has 1 saturated heterocycles. The van der Waals surface area contributed by atoms with Crippen LogP contribution in [-0.4, -0.2) is 59.0 Å². The number of rotatable bonds is 5. The maximum Gasteiger partial charge on any atom is 0.194 e. The van der Waals surface area contributed by atoms with Crippen molar-refractivity contribution < 1.29 is 4.74 Å². The van der Waals surface area contributed by atoms with E-state index in [4.69, 9.17) is 9.73 Å². The molecule has 0 amide bonds. The molecule has 1 spiro atoms. The Kier molecular flexibility index (Phi) is 8.12. The number of nitrogens with one attached hydrogen (secondary N) is 1. The standard InChI is InChI=1S/C18H32N6O.HI/c1-15-21-22-16(23(15)2)13-20-17(19-10-12-25-3)24-11-9-18(14-24)7-5-4-6-8-18;/h4-14H2,1-3H3,(H,19,20);1H. The van der Waals surface area contributed by atoms with Crippen molar-refractivity contribution in [1.82, 2.24) is 25.0 Å². The molecule has 1 aliphatic carbocycles. The minimum Gasteiger partial charge on any atom is -0.383 e. The summed E-state index contributed by atoms with van der Waals surface area (Å²) in [5.41, 5.74) is 0.517. The number of hydrogen-bond donors (Lipinski definition) is 1. The molecule has 8 heteroatoms. The maximum atomic E-state index is 5.19. The van der Waals surface area contributed by atoms with Gasteiger partial charge in [0.1, 0.15) is 12.4 Å². The zero-order chi connectivity index (χ0) is 17.7. The predicted octanol–water partition coefficient (Wildman–Crippen LogP) is 2.49. The summed E-state index contributed by atoms with van der Waals surface area (Å²) in [6.07, 6.45) is 8.21. The molecule has 0 atom stereocenters. The number of likely N-dealkylation sites (tertiary alicyclic amines) is 1. The van der Waals surface area contributed by atoms with E-state index >= 15 is 0 Å². The molecule has 148 valence electrons. The lowest BCUT2D eigenvalue weighted by Crippen LogP contribution is -2.42. The van der Waals surface area contributed by atoms with Crippen LogP contribution in [0.2, 0.25) is 0 Å². The summed E-state index contributed by atoms with van der Waals surface area (Å²) in [7, 11) is 3.72. The summed E-state index contributed by atoms with van der Waals surface area (Å²) >= 11 is 0. The Balaban J connectivity index is 0.00000243. The topological polar surface area (TPSA) is 67.6 Å². The van der Waals surface area contributed by atoms with E-state index in [1.54, 1.807) is 7.11 Å². The molecule has 1 aromatic heterocycles. The van der Waals surface area contributed by atoms with Gasteiger partial charge in [0.25, 0.3) is 0 Å². The largest absolute Gasteiger partial charge is 0.383 e. The molecule has 0 unspecified atom stereocenters. The number of aromatic nitrogens is 3.